The molecular weight excluding hydrogens is 208 g/mol. The number of nitrogens with two attached hydrogens (primary N) is 1. The number of hydrogen-bond acceptors (Lipinski definition) is 3. The third-order valence-corrected chi connectivity index (χ3v) is 3.20. The fraction of sp³-hybridized carbons (Fsp3) is 0.909. The van der Waals surface area contributed by atoms with E-state index in [1.54, 1.807) is 11.8 Å². The predicted molar refractivity (Wildman–Crippen MR) is 68.1 cm³/mol. The van der Waals surface area contributed by atoms with Gasteiger partial charge in [0.1, 0.15) is 0 Å². The Bertz CT molecular complexity index is 174. The molecule has 0 heterocycles. The minimum absolute atomic E-state index is 0.165. The highest BCUT2D eigenvalue weighted by Gasteiger charge is 2.13. The average Bonchev–Trinajstić information content (AvgIpc) is 2.15. The molecule has 1 atom stereocenters. The maximum atomic E-state index is 11.1. The molecule has 0 aliphatic heterocycles. The van der Waals surface area contributed by atoms with Crippen LogP contribution >= 0.6 is 11.8 Å². The normalized spacial score (nSPS) is 13.1. The molecule has 15 heavy (non-hydrogen) atoms. The van der Waals surface area contributed by atoms with Crippen LogP contribution in [0.1, 0.15) is 33.6 Å². The van der Waals surface area contributed by atoms with Crippen LogP contribution in [0.5, 0.6) is 0 Å². The highest BCUT2D eigenvalue weighted by molar-refractivity contribution is 7.99. The molecule has 0 aliphatic rings. The number of hydrogen-bond donors (Lipinski definition) is 2. The van der Waals surface area contributed by atoms with Crippen molar-refractivity contribution in [3.63, 3.8) is 0 Å². The summed E-state index contributed by atoms with van der Waals surface area (Å²) >= 11 is 1.81. The van der Waals surface area contributed by atoms with Crippen molar-refractivity contribution in [2.24, 2.45) is 11.7 Å². The molecule has 0 saturated heterocycles. The third-order valence-electron chi connectivity index (χ3n) is 2.11. The zero-order chi connectivity index (χ0) is 11.7. The third kappa shape index (κ3) is 8.75. The van der Waals surface area contributed by atoms with Gasteiger partial charge in [0.05, 0.1) is 6.04 Å². The van der Waals surface area contributed by atoms with Gasteiger partial charge in [0, 0.05) is 5.75 Å². The molecule has 1 unspecified atom stereocenters. The van der Waals surface area contributed by atoms with Gasteiger partial charge in [0.25, 0.3) is 0 Å². The summed E-state index contributed by atoms with van der Waals surface area (Å²) in [5, 5.41) is 3.16. The van der Waals surface area contributed by atoms with Crippen LogP contribution in [0.2, 0.25) is 0 Å². The van der Waals surface area contributed by atoms with Crippen LogP contribution in [-0.4, -0.2) is 30.0 Å². The number of nitrogens with one attached hydrogen (secondary N) is 1. The Balaban J connectivity index is 3.62. The molecule has 0 bridgehead atoms. The maximum Gasteiger partial charge on any atom is 0.235 e. The van der Waals surface area contributed by atoms with Gasteiger partial charge in [-0.2, -0.15) is 11.8 Å². The molecule has 0 spiro atoms. The zero-order valence-corrected chi connectivity index (χ0v) is 10.9. The highest BCUT2D eigenvalue weighted by Crippen LogP contribution is 2.09. The van der Waals surface area contributed by atoms with Crippen molar-refractivity contribution in [2.75, 3.05) is 18.1 Å². The summed E-state index contributed by atoms with van der Waals surface area (Å²) in [7, 11) is 0. The Morgan fingerprint density at radius 3 is 2.60 bits per heavy atom. The minimum Gasteiger partial charge on any atom is -0.368 e. The molecule has 0 radical (unpaired) electrons. The Kier molecular flexibility index (Phi) is 8.91. The van der Waals surface area contributed by atoms with Crippen LogP contribution in [-0.2, 0) is 4.79 Å². The lowest BCUT2D eigenvalue weighted by Crippen LogP contribution is -2.43. The van der Waals surface area contributed by atoms with Crippen LogP contribution in [0.25, 0.3) is 0 Å². The highest BCUT2D eigenvalue weighted by atomic mass is 32.2. The Labute approximate surface area is 97.6 Å². The quantitative estimate of drug-likeness (QED) is 0.594. The molecular formula is C11H24N2OS. The zero-order valence-electron chi connectivity index (χ0n) is 10.1. The minimum atomic E-state index is -0.236. The molecule has 0 fully saturated rings. The van der Waals surface area contributed by atoms with Crippen molar-refractivity contribution < 1.29 is 4.79 Å². The van der Waals surface area contributed by atoms with Gasteiger partial charge in [-0.05, 0) is 31.1 Å². The molecule has 3 N–H and O–H groups in total. The summed E-state index contributed by atoms with van der Waals surface area (Å²) in [4.78, 5) is 11.1. The summed E-state index contributed by atoms with van der Waals surface area (Å²) in [6, 6.07) is -0.165. The summed E-state index contributed by atoms with van der Waals surface area (Å²) < 4.78 is 0. The van der Waals surface area contributed by atoms with Gasteiger partial charge in [0.15, 0.2) is 0 Å². The van der Waals surface area contributed by atoms with Crippen LogP contribution in [0, 0.1) is 5.92 Å². The number of carbonyl (C=O) groups is 1. The summed E-state index contributed by atoms with van der Waals surface area (Å²) in [6.45, 7) is 7.36. The molecule has 90 valence electrons. The van der Waals surface area contributed by atoms with Crippen molar-refractivity contribution >= 4 is 17.7 Å². The van der Waals surface area contributed by atoms with E-state index in [0.717, 1.165) is 30.4 Å². The topological polar surface area (TPSA) is 55.1 Å². The van der Waals surface area contributed by atoms with Gasteiger partial charge in [0.2, 0.25) is 5.91 Å². The fourth-order valence-corrected chi connectivity index (χ4v) is 2.40. The maximum absolute atomic E-state index is 11.1. The van der Waals surface area contributed by atoms with E-state index in [-0.39, 0.29) is 11.9 Å². The predicted octanol–water partition coefficient (Wildman–Crippen LogP) is 1.62. The first kappa shape index (κ1) is 14.8. The number of rotatable bonds is 9. The van der Waals surface area contributed by atoms with E-state index in [1.807, 2.05) is 0 Å². The number of carbonyl (C=O) groups excluding carboxylic acids is 1. The van der Waals surface area contributed by atoms with Crippen molar-refractivity contribution in [1.82, 2.24) is 5.32 Å². The van der Waals surface area contributed by atoms with Crippen LogP contribution in [0.3, 0.4) is 0 Å². The molecule has 0 aromatic heterocycles. The van der Waals surface area contributed by atoms with E-state index < -0.39 is 0 Å². The lowest BCUT2D eigenvalue weighted by molar-refractivity contribution is -0.119. The van der Waals surface area contributed by atoms with E-state index in [0.29, 0.717) is 0 Å². The second kappa shape index (κ2) is 9.04. The molecule has 0 rings (SSSR count). The van der Waals surface area contributed by atoms with Crippen molar-refractivity contribution in [3.05, 3.63) is 0 Å². The largest absolute Gasteiger partial charge is 0.368 e. The number of thioether (sulfide) groups is 1. The summed E-state index contributed by atoms with van der Waals surface area (Å²) in [5.74, 6) is 2.39. The van der Waals surface area contributed by atoms with E-state index >= 15 is 0 Å². The van der Waals surface area contributed by atoms with Crippen LogP contribution < -0.4 is 11.1 Å². The van der Waals surface area contributed by atoms with Gasteiger partial charge in [-0.3, -0.25) is 4.79 Å². The smallest absolute Gasteiger partial charge is 0.235 e. The van der Waals surface area contributed by atoms with Crippen molar-refractivity contribution in [3.8, 4) is 0 Å². The molecule has 4 heteroatoms. The van der Waals surface area contributed by atoms with Crippen molar-refractivity contribution in [1.29, 1.82) is 0 Å². The molecule has 0 saturated carbocycles. The van der Waals surface area contributed by atoms with Gasteiger partial charge in [-0.1, -0.05) is 20.8 Å². The van der Waals surface area contributed by atoms with E-state index in [4.69, 9.17) is 5.73 Å². The van der Waals surface area contributed by atoms with E-state index in [9.17, 15) is 4.79 Å². The molecule has 1 amide bonds. The van der Waals surface area contributed by atoms with Gasteiger partial charge in [-0.15, -0.1) is 0 Å². The first-order valence-corrected chi connectivity index (χ1v) is 6.83. The monoisotopic (exact) mass is 232 g/mol. The second-order valence-electron chi connectivity index (χ2n) is 4.17. The van der Waals surface area contributed by atoms with Crippen LogP contribution in [0.4, 0.5) is 0 Å². The van der Waals surface area contributed by atoms with Crippen molar-refractivity contribution in [2.45, 2.75) is 39.7 Å². The first-order chi connectivity index (χ1) is 7.07. The fourth-order valence-electron chi connectivity index (χ4n) is 1.08. The summed E-state index contributed by atoms with van der Waals surface area (Å²) in [5.41, 5.74) is 5.30. The molecule has 0 aromatic rings. The Hall–Kier alpha value is -0.220. The van der Waals surface area contributed by atoms with E-state index in [2.05, 4.69) is 26.1 Å². The standard InChI is InChI=1S/C11H24N2OS/c1-4-6-13-10(11(12)14)8-15-7-5-9(2)3/h9-10,13H,4-8H2,1-3H3,(H2,12,14). The number of amides is 1. The SMILES string of the molecule is CCCNC(CSCCC(C)C)C(N)=O. The molecule has 0 aromatic carbocycles. The lowest BCUT2D eigenvalue weighted by Gasteiger charge is -2.14. The first-order valence-electron chi connectivity index (χ1n) is 5.68. The van der Waals surface area contributed by atoms with Gasteiger partial charge in [-0.25, -0.2) is 0 Å². The Morgan fingerprint density at radius 2 is 2.13 bits per heavy atom. The van der Waals surface area contributed by atoms with Gasteiger partial charge < -0.3 is 11.1 Å². The summed E-state index contributed by atoms with van der Waals surface area (Å²) in [6.07, 6.45) is 2.23. The average molecular weight is 232 g/mol. The number of primary amides is 1. The Morgan fingerprint density at radius 1 is 1.47 bits per heavy atom. The molecule has 3 nitrogen and oxygen atoms in total. The van der Waals surface area contributed by atoms with E-state index in [1.165, 1.54) is 6.42 Å². The lowest BCUT2D eigenvalue weighted by atomic mass is 10.2. The van der Waals surface area contributed by atoms with Crippen LogP contribution in [0.15, 0.2) is 0 Å². The van der Waals surface area contributed by atoms with Gasteiger partial charge >= 0.3 is 0 Å². The molecule has 0 aliphatic carbocycles. The second-order valence-corrected chi connectivity index (χ2v) is 5.32.